The van der Waals surface area contributed by atoms with Crippen LogP contribution in [0.3, 0.4) is 0 Å². The highest BCUT2D eigenvalue weighted by Crippen LogP contribution is 2.29. The van der Waals surface area contributed by atoms with Crippen LogP contribution in [0, 0.1) is 10.8 Å². The number of aldehydes is 2. The predicted molar refractivity (Wildman–Crippen MR) is 55.7 cm³/mol. The number of hydrogen-bond acceptors (Lipinski definition) is 2. The summed E-state index contributed by atoms with van der Waals surface area (Å²) in [4.78, 5) is 21.0. The summed E-state index contributed by atoms with van der Waals surface area (Å²) in [5.74, 6) is 0. The Morgan fingerprint density at radius 2 is 1.08 bits per heavy atom. The molecule has 0 saturated heterocycles. The lowest BCUT2D eigenvalue weighted by atomic mass is 9.77. The summed E-state index contributed by atoms with van der Waals surface area (Å²) in [6, 6.07) is 0. The van der Waals surface area contributed by atoms with Crippen molar-refractivity contribution in [2.24, 2.45) is 10.8 Å². The monoisotopic (exact) mass is 186 g/mol. The van der Waals surface area contributed by atoms with Gasteiger partial charge < -0.3 is 9.59 Å². The molecule has 0 amide bonds. The SMILES string of the molecule is CC.CC(C)(C=O)CC(C)(C)C=O. The molecule has 0 saturated carbocycles. The molecule has 2 heteroatoms. The molecule has 0 aliphatic heterocycles. The lowest BCUT2D eigenvalue weighted by Crippen LogP contribution is -2.25. The summed E-state index contributed by atoms with van der Waals surface area (Å²) in [6.07, 6.45) is 2.41. The molecule has 0 N–H and O–H groups in total. The van der Waals surface area contributed by atoms with Crippen LogP contribution in [0.4, 0.5) is 0 Å². The molecule has 0 aliphatic rings. The number of carbonyl (C=O) groups is 2. The van der Waals surface area contributed by atoms with Crippen LogP contribution in [0.1, 0.15) is 48.0 Å². The van der Waals surface area contributed by atoms with E-state index in [9.17, 15) is 9.59 Å². The predicted octanol–water partition coefficient (Wildman–Crippen LogP) is 2.85. The molecule has 2 nitrogen and oxygen atoms in total. The minimum Gasteiger partial charge on any atom is -0.303 e. The van der Waals surface area contributed by atoms with Gasteiger partial charge in [0.2, 0.25) is 0 Å². The maximum Gasteiger partial charge on any atom is 0.125 e. The largest absolute Gasteiger partial charge is 0.303 e. The lowest BCUT2D eigenvalue weighted by molar-refractivity contribution is -0.120. The molecule has 0 radical (unpaired) electrons. The first-order valence-corrected chi connectivity index (χ1v) is 4.76. The first-order chi connectivity index (χ1) is 5.83. The van der Waals surface area contributed by atoms with E-state index in [1.165, 1.54) is 0 Å². The van der Waals surface area contributed by atoms with Crippen molar-refractivity contribution in [2.75, 3.05) is 0 Å². The molecule has 0 bridgehead atoms. The highest BCUT2D eigenvalue weighted by molar-refractivity contribution is 5.63. The van der Waals surface area contributed by atoms with Crippen molar-refractivity contribution in [2.45, 2.75) is 48.0 Å². The first kappa shape index (κ1) is 14.8. The Kier molecular flexibility index (Phi) is 6.73. The van der Waals surface area contributed by atoms with Gasteiger partial charge in [0.1, 0.15) is 12.6 Å². The van der Waals surface area contributed by atoms with Crippen LogP contribution in [-0.2, 0) is 9.59 Å². The third-order valence-corrected chi connectivity index (χ3v) is 1.55. The van der Waals surface area contributed by atoms with E-state index in [0.717, 1.165) is 12.6 Å². The van der Waals surface area contributed by atoms with Crippen LogP contribution < -0.4 is 0 Å². The van der Waals surface area contributed by atoms with Crippen LogP contribution in [-0.4, -0.2) is 12.6 Å². The molecular weight excluding hydrogens is 164 g/mol. The molecule has 78 valence electrons. The van der Waals surface area contributed by atoms with Crippen LogP contribution in [0.5, 0.6) is 0 Å². The first-order valence-electron chi connectivity index (χ1n) is 4.76. The number of rotatable bonds is 4. The Balaban J connectivity index is 0. The summed E-state index contributed by atoms with van der Waals surface area (Å²) in [6.45, 7) is 11.4. The van der Waals surface area contributed by atoms with Gasteiger partial charge in [-0.05, 0) is 6.42 Å². The van der Waals surface area contributed by atoms with Crippen LogP contribution >= 0.6 is 0 Å². The fraction of sp³-hybridized carbons (Fsp3) is 0.818. The van der Waals surface area contributed by atoms with Gasteiger partial charge in [0.05, 0.1) is 0 Å². The van der Waals surface area contributed by atoms with Gasteiger partial charge in [0.15, 0.2) is 0 Å². The molecule has 0 aromatic rings. The third-order valence-electron chi connectivity index (χ3n) is 1.55. The highest BCUT2D eigenvalue weighted by Gasteiger charge is 2.27. The average Bonchev–Trinajstić information content (AvgIpc) is 2.07. The van der Waals surface area contributed by atoms with Crippen LogP contribution in [0.25, 0.3) is 0 Å². The van der Waals surface area contributed by atoms with E-state index >= 15 is 0 Å². The van der Waals surface area contributed by atoms with Gasteiger partial charge in [0, 0.05) is 10.8 Å². The highest BCUT2D eigenvalue weighted by atomic mass is 16.1. The van der Waals surface area contributed by atoms with Gasteiger partial charge in [0.25, 0.3) is 0 Å². The molecule has 0 unspecified atom stereocenters. The summed E-state index contributed by atoms with van der Waals surface area (Å²) in [7, 11) is 0. The maximum atomic E-state index is 10.5. The molecule has 0 heterocycles. The Morgan fingerprint density at radius 1 is 0.846 bits per heavy atom. The van der Waals surface area contributed by atoms with Crippen molar-refractivity contribution >= 4 is 12.6 Å². The van der Waals surface area contributed by atoms with E-state index < -0.39 is 0 Å². The Hall–Kier alpha value is -0.660. The van der Waals surface area contributed by atoms with Crippen molar-refractivity contribution in [1.29, 1.82) is 0 Å². The van der Waals surface area contributed by atoms with E-state index in [0.29, 0.717) is 6.42 Å². The van der Waals surface area contributed by atoms with E-state index in [4.69, 9.17) is 0 Å². The van der Waals surface area contributed by atoms with Gasteiger partial charge in [-0.15, -0.1) is 0 Å². The second kappa shape index (κ2) is 5.90. The molecule has 13 heavy (non-hydrogen) atoms. The number of hydrogen-bond donors (Lipinski definition) is 0. The fourth-order valence-corrected chi connectivity index (χ4v) is 1.26. The molecular formula is C11H22O2. The molecule has 0 rings (SSSR count). The molecule has 0 fully saturated rings. The molecule has 0 aromatic carbocycles. The molecule has 0 aromatic heterocycles. The number of carbonyl (C=O) groups excluding carboxylic acids is 2. The Morgan fingerprint density at radius 3 is 1.23 bits per heavy atom. The van der Waals surface area contributed by atoms with Gasteiger partial charge in [-0.2, -0.15) is 0 Å². The van der Waals surface area contributed by atoms with E-state index in [-0.39, 0.29) is 10.8 Å². The van der Waals surface area contributed by atoms with E-state index in [1.54, 1.807) is 0 Å². The Labute approximate surface area is 81.7 Å². The van der Waals surface area contributed by atoms with Gasteiger partial charge in [-0.3, -0.25) is 0 Å². The Bertz CT molecular complexity index is 139. The second-order valence-corrected chi connectivity index (χ2v) is 4.39. The van der Waals surface area contributed by atoms with Crippen molar-refractivity contribution in [3.05, 3.63) is 0 Å². The summed E-state index contributed by atoms with van der Waals surface area (Å²) in [5, 5.41) is 0. The zero-order chi connectivity index (χ0) is 11.1. The topological polar surface area (TPSA) is 34.1 Å². The van der Waals surface area contributed by atoms with Gasteiger partial charge >= 0.3 is 0 Å². The van der Waals surface area contributed by atoms with Crippen molar-refractivity contribution in [3.63, 3.8) is 0 Å². The second-order valence-electron chi connectivity index (χ2n) is 4.39. The average molecular weight is 186 g/mol. The zero-order valence-electron chi connectivity index (χ0n) is 9.68. The minimum absolute atomic E-state index is 0.385. The molecule has 0 atom stereocenters. The van der Waals surface area contributed by atoms with Crippen molar-refractivity contribution < 1.29 is 9.59 Å². The summed E-state index contributed by atoms with van der Waals surface area (Å²) < 4.78 is 0. The zero-order valence-corrected chi connectivity index (χ0v) is 9.68. The van der Waals surface area contributed by atoms with Crippen LogP contribution in [0.2, 0.25) is 0 Å². The normalized spacial score (nSPS) is 11.2. The standard InChI is InChI=1S/C9H16O2.C2H6/c1-8(2,6-10)5-9(3,4)7-11;1-2/h6-7H,5H2,1-4H3;1-2H3. The van der Waals surface area contributed by atoms with Crippen molar-refractivity contribution in [1.82, 2.24) is 0 Å². The van der Waals surface area contributed by atoms with Gasteiger partial charge in [-0.1, -0.05) is 41.5 Å². The van der Waals surface area contributed by atoms with E-state index in [1.807, 2.05) is 41.5 Å². The molecule has 0 spiro atoms. The maximum absolute atomic E-state index is 10.5. The molecule has 0 aliphatic carbocycles. The smallest absolute Gasteiger partial charge is 0.125 e. The lowest BCUT2D eigenvalue weighted by Gasteiger charge is -2.25. The van der Waals surface area contributed by atoms with Crippen LogP contribution in [0.15, 0.2) is 0 Å². The quantitative estimate of drug-likeness (QED) is 0.633. The third kappa shape index (κ3) is 7.69. The van der Waals surface area contributed by atoms with Crippen molar-refractivity contribution in [3.8, 4) is 0 Å². The summed E-state index contributed by atoms with van der Waals surface area (Å²) in [5.41, 5.74) is -0.769. The minimum atomic E-state index is -0.385. The summed E-state index contributed by atoms with van der Waals surface area (Å²) >= 11 is 0. The van der Waals surface area contributed by atoms with E-state index in [2.05, 4.69) is 0 Å². The van der Waals surface area contributed by atoms with Gasteiger partial charge in [-0.25, -0.2) is 0 Å². The fourth-order valence-electron chi connectivity index (χ4n) is 1.26.